The number of pyridine rings is 1. The van der Waals surface area contributed by atoms with Gasteiger partial charge in [-0.05, 0) is 33.9 Å². The minimum absolute atomic E-state index is 0.249. The van der Waals surface area contributed by atoms with Crippen molar-refractivity contribution < 1.29 is 4.74 Å². The van der Waals surface area contributed by atoms with E-state index in [-0.39, 0.29) is 6.04 Å². The minimum atomic E-state index is 0.249. The highest BCUT2D eigenvalue weighted by atomic mass is 16.5. The highest BCUT2D eigenvalue weighted by Crippen LogP contribution is 2.26. The van der Waals surface area contributed by atoms with E-state index in [1.807, 2.05) is 12.1 Å². The second kappa shape index (κ2) is 5.16. The van der Waals surface area contributed by atoms with Gasteiger partial charge in [0.25, 0.3) is 0 Å². The second-order valence-electron chi connectivity index (χ2n) is 4.26. The second-order valence-corrected chi connectivity index (χ2v) is 4.26. The smallest absolute Gasteiger partial charge is 0.214 e. The lowest BCUT2D eigenvalue weighted by atomic mass is 10.1. The van der Waals surface area contributed by atoms with E-state index in [9.17, 15) is 0 Å². The van der Waals surface area contributed by atoms with Crippen molar-refractivity contribution in [3.8, 4) is 5.88 Å². The molecule has 2 N–H and O–H groups in total. The average molecular weight is 223 g/mol. The van der Waals surface area contributed by atoms with Gasteiger partial charge in [-0.25, -0.2) is 0 Å². The van der Waals surface area contributed by atoms with Crippen molar-refractivity contribution in [2.45, 2.75) is 32.9 Å². The molecule has 0 bridgehead atoms. The van der Waals surface area contributed by atoms with E-state index < -0.39 is 0 Å². The van der Waals surface area contributed by atoms with Gasteiger partial charge in [-0.1, -0.05) is 0 Å². The first kappa shape index (κ1) is 12.8. The third kappa shape index (κ3) is 2.64. The number of nitrogen functional groups attached to an aromatic ring is 1. The molecule has 0 aliphatic heterocycles. The highest BCUT2D eigenvalue weighted by Gasteiger charge is 2.17. The maximum atomic E-state index is 5.92. The predicted octanol–water partition coefficient (Wildman–Crippen LogP) is 2.07. The van der Waals surface area contributed by atoms with Gasteiger partial charge in [0.2, 0.25) is 5.88 Å². The number of methoxy groups -OCH3 is 1. The molecule has 4 heteroatoms. The number of anilines is 1. The third-order valence-corrected chi connectivity index (χ3v) is 3.02. The first-order chi connectivity index (χ1) is 7.47. The van der Waals surface area contributed by atoms with Crippen LogP contribution < -0.4 is 10.5 Å². The van der Waals surface area contributed by atoms with Crippen LogP contribution in [0.25, 0.3) is 0 Å². The van der Waals surface area contributed by atoms with Crippen LogP contribution in [-0.2, 0) is 0 Å². The van der Waals surface area contributed by atoms with Crippen molar-refractivity contribution in [2.75, 3.05) is 19.9 Å². The van der Waals surface area contributed by atoms with Gasteiger partial charge in [-0.15, -0.1) is 0 Å². The van der Waals surface area contributed by atoms with Crippen LogP contribution in [0.4, 0.5) is 5.82 Å². The maximum absolute atomic E-state index is 5.92. The quantitative estimate of drug-likeness (QED) is 0.849. The highest BCUT2D eigenvalue weighted by molar-refractivity contribution is 5.43. The lowest BCUT2D eigenvalue weighted by molar-refractivity contribution is 0.210. The summed E-state index contributed by atoms with van der Waals surface area (Å²) >= 11 is 0. The van der Waals surface area contributed by atoms with Gasteiger partial charge in [0.15, 0.2) is 0 Å². The monoisotopic (exact) mass is 223 g/mol. The lowest BCUT2D eigenvalue weighted by Crippen LogP contribution is -2.29. The standard InChI is InChI=1S/C12H21N3O/c1-8(2)15(4)9(3)10-6-7-11(16-5)14-12(10)13/h6-9H,1-5H3,(H2,13,14). The Balaban J connectivity index is 2.96. The molecule has 0 spiro atoms. The third-order valence-electron chi connectivity index (χ3n) is 3.02. The van der Waals surface area contributed by atoms with E-state index >= 15 is 0 Å². The van der Waals surface area contributed by atoms with Crippen molar-refractivity contribution in [3.63, 3.8) is 0 Å². The van der Waals surface area contributed by atoms with Crippen LogP contribution in [0.5, 0.6) is 5.88 Å². The van der Waals surface area contributed by atoms with Crippen LogP contribution in [-0.4, -0.2) is 30.1 Å². The fourth-order valence-corrected chi connectivity index (χ4v) is 1.60. The van der Waals surface area contributed by atoms with Crippen LogP contribution in [0.1, 0.15) is 32.4 Å². The molecule has 0 saturated heterocycles. The summed E-state index contributed by atoms with van der Waals surface area (Å²) in [6.07, 6.45) is 0. The molecule has 1 aromatic rings. The molecule has 1 rings (SSSR count). The summed E-state index contributed by atoms with van der Waals surface area (Å²) in [5, 5.41) is 0. The molecule has 0 aliphatic carbocycles. The number of nitrogens with zero attached hydrogens (tertiary/aromatic N) is 2. The zero-order valence-corrected chi connectivity index (χ0v) is 10.7. The molecule has 1 atom stereocenters. The van der Waals surface area contributed by atoms with Crippen LogP contribution in [0.15, 0.2) is 12.1 Å². The molecule has 0 radical (unpaired) electrons. The molecule has 16 heavy (non-hydrogen) atoms. The Morgan fingerprint density at radius 1 is 1.31 bits per heavy atom. The molecule has 0 aromatic carbocycles. The molecule has 1 unspecified atom stereocenters. The number of ether oxygens (including phenoxy) is 1. The summed E-state index contributed by atoms with van der Waals surface area (Å²) in [5.74, 6) is 1.10. The Kier molecular flexibility index (Phi) is 4.12. The molecular weight excluding hydrogens is 202 g/mol. The molecule has 90 valence electrons. The average Bonchev–Trinajstić information content (AvgIpc) is 2.26. The van der Waals surface area contributed by atoms with Gasteiger partial charge in [0, 0.05) is 23.7 Å². The number of nitrogens with two attached hydrogens (primary N) is 1. The van der Waals surface area contributed by atoms with E-state index in [2.05, 4.69) is 37.7 Å². The SMILES string of the molecule is COc1ccc(C(C)N(C)C(C)C)c(N)n1. The molecule has 0 aliphatic rings. The van der Waals surface area contributed by atoms with Gasteiger partial charge >= 0.3 is 0 Å². The van der Waals surface area contributed by atoms with Gasteiger partial charge in [0.1, 0.15) is 5.82 Å². The zero-order chi connectivity index (χ0) is 12.3. The van der Waals surface area contributed by atoms with E-state index in [1.54, 1.807) is 7.11 Å². The zero-order valence-electron chi connectivity index (χ0n) is 10.7. The normalized spacial score (nSPS) is 13.2. The lowest BCUT2D eigenvalue weighted by Gasteiger charge is -2.29. The van der Waals surface area contributed by atoms with E-state index in [1.165, 1.54) is 0 Å². The Labute approximate surface area is 97.4 Å². The van der Waals surface area contributed by atoms with Gasteiger partial charge in [0.05, 0.1) is 7.11 Å². The van der Waals surface area contributed by atoms with Gasteiger partial charge in [-0.3, -0.25) is 4.90 Å². The largest absolute Gasteiger partial charge is 0.481 e. The van der Waals surface area contributed by atoms with Crippen molar-refractivity contribution in [1.29, 1.82) is 0 Å². The number of hydrogen-bond donors (Lipinski definition) is 1. The molecule has 1 aromatic heterocycles. The maximum Gasteiger partial charge on any atom is 0.214 e. The van der Waals surface area contributed by atoms with E-state index in [0.29, 0.717) is 17.7 Å². The molecule has 1 heterocycles. The number of rotatable bonds is 4. The summed E-state index contributed by atoms with van der Waals surface area (Å²) < 4.78 is 5.03. The van der Waals surface area contributed by atoms with Crippen LogP contribution >= 0.6 is 0 Å². The number of hydrogen-bond acceptors (Lipinski definition) is 4. The van der Waals surface area contributed by atoms with Gasteiger partial charge in [-0.2, -0.15) is 4.98 Å². The van der Waals surface area contributed by atoms with Gasteiger partial charge < -0.3 is 10.5 Å². The van der Waals surface area contributed by atoms with Crippen LogP contribution in [0, 0.1) is 0 Å². The summed E-state index contributed by atoms with van der Waals surface area (Å²) in [4.78, 5) is 6.43. The van der Waals surface area contributed by atoms with Crippen LogP contribution in [0.3, 0.4) is 0 Å². The fraction of sp³-hybridized carbons (Fsp3) is 0.583. The summed E-state index contributed by atoms with van der Waals surface area (Å²) in [7, 11) is 3.67. The van der Waals surface area contributed by atoms with E-state index in [4.69, 9.17) is 10.5 Å². The Morgan fingerprint density at radius 3 is 2.38 bits per heavy atom. The molecule has 0 fully saturated rings. The Hall–Kier alpha value is -1.29. The summed E-state index contributed by atoms with van der Waals surface area (Å²) in [6, 6.07) is 4.54. The predicted molar refractivity (Wildman–Crippen MR) is 66.5 cm³/mol. The minimum Gasteiger partial charge on any atom is -0.481 e. The van der Waals surface area contributed by atoms with Crippen LogP contribution in [0.2, 0.25) is 0 Å². The fourth-order valence-electron chi connectivity index (χ4n) is 1.60. The topological polar surface area (TPSA) is 51.4 Å². The molecular formula is C12H21N3O. The summed E-state index contributed by atoms with van der Waals surface area (Å²) in [5.41, 5.74) is 6.96. The molecule has 0 amide bonds. The Morgan fingerprint density at radius 2 is 1.94 bits per heavy atom. The Bertz CT molecular complexity index is 352. The van der Waals surface area contributed by atoms with Crippen molar-refractivity contribution in [1.82, 2.24) is 9.88 Å². The van der Waals surface area contributed by atoms with Crippen molar-refractivity contribution in [3.05, 3.63) is 17.7 Å². The van der Waals surface area contributed by atoms with Crippen molar-refractivity contribution in [2.24, 2.45) is 0 Å². The van der Waals surface area contributed by atoms with Crippen molar-refractivity contribution >= 4 is 5.82 Å². The first-order valence-corrected chi connectivity index (χ1v) is 5.49. The summed E-state index contributed by atoms with van der Waals surface area (Å²) in [6.45, 7) is 6.44. The number of aromatic nitrogens is 1. The van der Waals surface area contributed by atoms with E-state index in [0.717, 1.165) is 5.56 Å². The first-order valence-electron chi connectivity index (χ1n) is 5.49. The molecule has 4 nitrogen and oxygen atoms in total. The molecule has 0 saturated carbocycles.